The second-order valence-electron chi connectivity index (χ2n) is 7.65. The number of thioether (sulfide) groups is 1. The van der Waals surface area contributed by atoms with Crippen LogP contribution < -0.4 is 0 Å². The van der Waals surface area contributed by atoms with Gasteiger partial charge in [-0.05, 0) is 30.2 Å². The third kappa shape index (κ3) is 3.67. The minimum Gasteiger partial charge on any atom is -0.325 e. The maximum absolute atomic E-state index is 14.0. The van der Waals surface area contributed by atoms with Crippen LogP contribution in [0.5, 0.6) is 0 Å². The van der Waals surface area contributed by atoms with Crippen molar-refractivity contribution in [2.45, 2.75) is 18.3 Å². The highest BCUT2D eigenvalue weighted by atomic mass is 35.5. The SMILES string of the molecule is CC1=Nc2ccnn2C(c2ccc(Cl)c(Cl)c2)C1C(=O)N1CCSC1c1ccccc1. The van der Waals surface area contributed by atoms with E-state index in [-0.39, 0.29) is 17.3 Å². The summed E-state index contributed by atoms with van der Waals surface area (Å²) in [6.07, 6.45) is 1.71. The smallest absolute Gasteiger partial charge is 0.235 e. The molecule has 1 aromatic heterocycles. The molecule has 5 rings (SSSR count). The molecule has 0 radical (unpaired) electrons. The zero-order valence-electron chi connectivity index (χ0n) is 16.8. The van der Waals surface area contributed by atoms with E-state index in [1.165, 1.54) is 0 Å². The van der Waals surface area contributed by atoms with Crippen LogP contribution in [0.2, 0.25) is 10.0 Å². The monoisotopic (exact) mass is 470 g/mol. The number of rotatable bonds is 3. The lowest BCUT2D eigenvalue weighted by Gasteiger charge is -2.35. The maximum atomic E-state index is 14.0. The molecule has 2 aliphatic rings. The van der Waals surface area contributed by atoms with Crippen LogP contribution in [0, 0.1) is 5.92 Å². The summed E-state index contributed by atoms with van der Waals surface area (Å²) in [6, 6.07) is 17.2. The number of hydrogen-bond acceptors (Lipinski definition) is 4. The van der Waals surface area contributed by atoms with Gasteiger partial charge < -0.3 is 4.90 Å². The van der Waals surface area contributed by atoms with Crippen molar-refractivity contribution in [1.82, 2.24) is 14.7 Å². The number of hydrogen-bond donors (Lipinski definition) is 0. The van der Waals surface area contributed by atoms with Gasteiger partial charge in [-0.2, -0.15) is 5.10 Å². The standard InChI is InChI=1S/C23H20Cl2N4OS/c1-14-20(22(30)28-11-12-31-23(28)15-5-3-2-4-6-15)21(29-19(27-14)9-10-26-29)16-7-8-17(24)18(25)13-16/h2-10,13,20-21,23H,11-12H2,1H3. The van der Waals surface area contributed by atoms with Crippen molar-refractivity contribution in [2.75, 3.05) is 12.3 Å². The Morgan fingerprint density at radius 3 is 2.65 bits per heavy atom. The van der Waals surface area contributed by atoms with Crippen molar-refractivity contribution in [3.05, 3.63) is 82.0 Å². The zero-order valence-corrected chi connectivity index (χ0v) is 19.1. The molecule has 3 aromatic rings. The van der Waals surface area contributed by atoms with Gasteiger partial charge in [0.05, 0.1) is 22.3 Å². The third-order valence-corrected chi connectivity index (χ3v) is 7.78. The highest BCUT2D eigenvalue weighted by Crippen LogP contribution is 2.43. The van der Waals surface area contributed by atoms with Crippen LogP contribution >= 0.6 is 35.0 Å². The van der Waals surface area contributed by atoms with Gasteiger partial charge in [0.25, 0.3) is 0 Å². The molecular formula is C23H20Cl2N4OS. The molecule has 0 aliphatic carbocycles. The molecule has 158 valence electrons. The maximum Gasteiger partial charge on any atom is 0.235 e. The van der Waals surface area contributed by atoms with Gasteiger partial charge >= 0.3 is 0 Å². The predicted molar refractivity (Wildman–Crippen MR) is 126 cm³/mol. The predicted octanol–water partition coefficient (Wildman–Crippen LogP) is 5.78. The van der Waals surface area contributed by atoms with Gasteiger partial charge in [0.2, 0.25) is 5.91 Å². The van der Waals surface area contributed by atoms with E-state index < -0.39 is 5.92 Å². The van der Waals surface area contributed by atoms with Crippen LogP contribution in [0.4, 0.5) is 5.82 Å². The Morgan fingerprint density at radius 1 is 1.06 bits per heavy atom. The molecule has 3 heterocycles. The van der Waals surface area contributed by atoms with Crippen molar-refractivity contribution in [3.8, 4) is 0 Å². The molecule has 31 heavy (non-hydrogen) atoms. The molecule has 3 atom stereocenters. The number of benzene rings is 2. The molecule has 1 fully saturated rings. The summed E-state index contributed by atoms with van der Waals surface area (Å²) < 4.78 is 1.82. The van der Waals surface area contributed by atoms with Crippen LogP contribution in [0.15, 0.2) is 65.8 Å². The van der Waals surface area contributed by atoms with E-state index in [4.69, 9.17) is 28.2 Å². The first-order valence-corrected chi connectivity index (χ1v) is 11.9. The fourth-order valence-electron chi connectivity index (χ4n) is 4.34. The van der Waals surface area contributed by atoms with Gasteiger partial charge in [-0.3, -0.25) is 4.79 Å². The van der Waals surface area contributed by atoms with Gasteiger partial charge in [0.15, 0.2) is 5.82 Å². The topological polar surface area (TPSA) is 50.5 Å². The normalized spacial score (nSPS) is 22.9. The number of carbonyl (C=O) groups is 1. The number of aliphatic imine (C=N–C) groups is 1. The molecule has 3 unspecified atom stereocenters. The van der Waals surface area contributed by atoms with Gasteiger partial charge in [-0.15, -0.1) is 11.8 Å². The number of nitrogens with zero attached hydrogens (tertiary/aromatic N) is 4. The Kier molecular flexibility index (Phi) is 5.54. The van der Waals surface area contributed by atoms with Gasteiger partial charge in [-0.1, -0.05) is 59.6 Å². The Labute approximate surface area is 195 Å². The van der Waals surface area contributed by atoms with Crippen LogP contribution in [-0.4, -0.2) is 38.6 Å². The lowest BCUT2D eigenvalue weighted by atomic mass is 9.87. The second-order valence-corrected chi connectivity index (χ2v) is 9.65. The Balaban J connectivity index is 1.57. The van der Waals surface area contributed by atoms with Crippen molar-refractivity contribution in [3.63, 3.8) is 0 Å². The molecule has 0 spiro atoms. The summed E-state index contributed by atoms with van der Waals surface area (Å²) >= 11 is 14.3. The fraction of sp³-hybridized carbons (Fsp3) is 0.261. The Morgan fingerprint density at radius 2 is 1.87 bits per heavy atom. The van der Waals surface area contributed by atoms with E-state index in [9.17, 15) is 4.79 Å². The lowest BCUT2D eigenvalue weighted by Crippen LogP contribution is -2.44. The molecule has 1 amide bonds. The summed E-state index contributed by atoms with van der Waals surface area (Å²) in [5, 5.41) is 5.43. The summed E-state index contributed by atoms with van der Waals surface area (Å²) in [4.78, 5) is 20.7. The zero-order chi connectivity index (χ0) is 21.5. The molecular weight excluding hydrogens is 451 g/mol. The third-order valence-electron chi connectivity index (χ3n) is 5.78. The first kappa shape index (κ1) is 20.6. The molecule has 0 bridgehead atoms. The second kappa shape index (κ2) is 8.34. The highest BCUT2D eigenvalue weighted by molar-refractivity contribution is 7.99. The van der Waals surface area contributed by atoms with Gasteiger partial charge in [-0.25, -0.2) is 9.67 Å². The van der Waals surface area contributed by atoms with E-state index in [1.54, 1.807) is 24.0 Å². The van der Waals surface area contributed by atoms with Crippen molar-refractivity contribution >= 4 is 52.4 Å². The van der Waals surface area contributed by atoms with Crippen molar-refractivity contribution < 1.29 is 4.79 Å². The number of halogens is 2. The molecule has 0 N–H and O–H groups in total. The van der Waals surface area contributed by atoms with Crippen LogP contribution in [0.3, 0.4) is 0 Å². The van der Waals surface area contributed by atoms with Gasteiger partial charge in [0.1, 0.15) is 11.3 Å². The van der Waals surface area contributed by atoms with Crippen LogP contribution in [-0.2, 0) is 4.79 Å². The quantitative estimate of drug-likeness (QED) is 0.487. The molecule has 5 nitrogen and oxygen atoms in total. The molecule has 1 saturated heterocycles. The average Bonchev–Trinajstić information content (AvgIpc) is 3.44. The number of carbonyl (C=O) groups excluding carboxylic acids is 1. The van der Waals surface area contributed by atoms with E-state index in [0.29, 0.717) is 16.6 Å². The van der Waals surface area contributed by atoms with E-state index >= 15 is 0 Å². The van der Waals surface area contributed by atoms with E-state index in [1.807, 2.05) is 52.9 Å². The number of amides is 1. The molecule has 0 saturated carbocycles. The Bertz CT molecular complexity index is 1160. The summed E-state index contributed by atoms with van der Waals surface area (Å²) in [5.41, 5.74) is 2.79. The summed E-state index contributed by atoms with van der Waals surface area (Å²) in [6.45, 7) is 2.62. The van der Waals surface area contributed by atoms with Crippen LogP contribution in [0.25, 0.3) is 0 Å². The molecule has 8 heteroatoms. The molecule has 2 aliphatic heterocycles. The highest BCUT2D eigenvalue weighted by Gasteiger charge is 2.43. The van der Waals surface area contributed by atoms with Gasteiger partial charge in [0, 0.05) is 24.1 Å². The first-order chi connectivity index (χ1) is 15.0. The number of fused-ring (bicyclic) bond motifs is 1. The number of aromatic nitrogens is 2. The summed E-state index contributed by atoms with van der Waals surface area (Å²) in [5.74, 6) is 1.21. The average molecular weight is 471 g/mol. The molecule has 2 aromatic carbocycles. The minimum absolute atomic E-state index is 0.00465. The first-order valence-electron chi connectivity index (χ1n) is 10.1. The largest absolute Gasteiger partial charge is 0.325 e. The Hall–Kier alpha value is -2.28. The van der Waals surface area contributed by atoms with Crippen LogP contribution in [0.1, 0.15) is 29.5 Å². The lowest BCUT2D eigenvalue weighted by molar-refractivity contribution is -0.134. The van der Waals surface area contributed by atoms with E-state index in [0.717, 1.165) is 28.4 Å². The van der Waals surface area contributed by atoms with Crippen molar-refractivity contribution in [2.24, 2.45) is 10.9 Å². The fourth-order valence-corrected chi connectivity index (χ4v) is 5.91. The minimum atomic E-state index is -0.477. The summed E-state index contributed by atoms with van der Waals surface area (Å²) in [7, 11) is 0. The van der Waals surface area contributed by atoms with Crippen molar-refractivity contribution in [1.29, 1.82) is 0 Å². The van der Waals surface area contributed by atoms with E-state index in [2.05, 4.69) is 17.2 Å².